The lowest BCUT2D eigenvalue weighted by Crippen LogP contribution is -2.34. The van der Waals surface area contributed by atoms with Gasteiger partial charge in [0.1, 0.15) is 5.82 Å². The van der Waals surface area contributed by atoms with Crippen LogP contribution in [0, 0.1) is 6.92 Å². The number of aromatic nitrogens is 3. The van der Waals surface area contributed by atoms with Gasteiger partial charge < -0.3 is 10.6 Å². The molecule has 140 valence electrons. The first kappa shape index (κ1) is 18.5. The number of nitrogens with zero attached hydrogens (tertiary/aromatic N) is 3. The Kier molecular flexibility index (Phi) is 5.64. The molecule has 0 aliphatic carbocycles. The molecule has 1 aromatic carbocycles. The number of H-pyrrole nitrogens is 1. The third kappa shape index (κ3) is 4.26. The van der Waals surface area contributed by atoms with Gasteiger partial charge in [0.15, 0.2) is 5.82 Å². The fraction of sp³-hybridized carbons (Fsp3) is 0.438. The molecule has 0 saturated carbocycles. The highest BCUT2D eigenvalue weighted by Gasteiger charge is 2.25. The van der Waals surface area contributed by atoms with E-state index in [1.807, 2.05) is 0 Å². The van der Waals surface area contributed by atoms with Gasteiger partial charge in [-0.1, -0.05) is 0 Å². The minimum Gasteiger partial charge on any atom is -0.345 e. The Labute approximate surface area is 152 Å². The zero-order chi connectivity index (χ0) is 18.6. The van der Waals surface area contributed by atoms with Crippen molar-refractivity contribution in [1.82, 2.24) is 30.1 Å². The summed E-state index contributed by atoms with van der Waals surface area (Å²) >= 11 is 0. The van der Waals surface area contributed by atoms with Crippen LogP contribution < -0.4 is 10.6 Å². The van der Waals surface area contributed by atoms with Crippen molar-refractivity contribution in [2.75, 3.05) is 26.2 Å². The minimum atomic E-state index is -3.54. The number of carbonyl (C=O) groups excluding carboxylic acids is 1. The quantitative estimate of drug-likeness (QED) is 0.675. The topological polar surface area (TPSA) is 120 Å². The molecule has 1 aliphatic rings. The van der Waals surface area contributed by atoms with Gasteiger partial charge in [0, 0.05) is 25.2 Å². The van der Waals surface area contributed by atoms with E-state index in [-0.39, 0.29) is 17.3 Å². The summed E-state index contributed by atoms with van der Waals surface area (Å²) in [5, 5.41) is 12.5. The lowest BCUT2D eigenvalue weighted by Gasteiger charge is -2.19. The van der Waals surface area contributed by atoms with Crippen molar-refractivity contribution >= 4 is 15.9 Å². The number of hydrogen-bond donors (Lipinski definition) is 3. The van der Waals surface area contributed by atoms with Crippen LogP contribution in [0.1, 0.15) is 28.4 Å². The second kappa shape index (κ2) is 7.94. The first-order valence-corrected chi connectivity index (χ1v) is 9.88. The molecule has 1 fully saturated rings. The second-order valence-electron chi connectivity index (χ2n) is 6.05. The van der Waals surface area contributed by atoms with Crippen LogP contribution in [0.5, 0.6) is 0 Å². The Hall–Kier alpha value is -2.30. The van der Waals surface area contributed by atoms with Gasteiger partial charge in [0.05, 0.1) is 11.4 Å². The summed E-state index contributed by atoms with van der Waals surface area (Å²) in [4.78, 5) is 16.5. The van der Waals surface area contributed by atoms with Crippen LogP contribution >= 0.6 is 0 Å². The zero-order valence-corrected chi connectivity index (χ0v) is 15.3. The van der Waals surface area contributed by atoms with E-state index >= 15 is 0 Å². The van der Waals surface area contributed by atoms with E-state index in [1.54, 1.807) is 6.92 Å². The van der Waals surface area contributed by atoms with E-state index < -0.39 is 10.0 Å². The number of carbonyl (C=O) groups is 1. The Morgan fingerprint density at radius 2 is 2.00 bits per heavy atom. The largest absolute Gasteiger partial charge is 0.345 e. The van der Waals surface area contributed by atoms with Gasteiger partial charge in [0.2, 0.25) is 10.0 Å². The highest BCUT2D eigenvalue weighted by Crippen LogP contribution is 2.17. The van der Waals surface area contributed by atoms with Crippen LogP contribution in [0.4, 0.5) is 0 Å². The molecule has 0 radical (unpaired) electrons. The number of amides is 1. The molecule has 0 unspecified atom stereocenters. The molecule has 3 N–H and O–H groups in total. The van der Waals surface area contributed by atoms with Crippen LogP contribution in [0.15, 0.2) is 29.2 Å². The molecule has 10 heteroatoms. The molecule has 0 bridgehead atoms. The van der Waals surface area contributed by atoms with Crippen molar-refractivity contribution in [1.29, 1.82) is 0 Å². The molecule has 1 amide bonds. The fourth-order valence-corrected chi connectivity index (χ4v) is 4.20. The van der Waals surface area contributed by atoms with Crippen molar-refractivity contribution < 1.29 is 13.2 Å². The van der Waals surface area contributed by atoms with Gasteiger partial charge in [-0.15, -0.1) is 0 Å². The third-order valence-electron chi connectivity index (χ3n) is 4.10. The van der Waals surface area contributed by atoms with Gasteiger partial charge in [-0.2, -0.15) is 9.40 Å². The first-order chi connectivity index (χ1) is 12.5. The monoisotopic (exact) mass is 378 g/mol. The maximum Gasteiger partial charge on any atom is 0.251 e. The van der Waals surface area contributed by atoms with Gasteiger partial charge in [0.25, 0.3) is 5.91 Å². The summed E-state index contributed by atoms with van der Waals surface area (Å²) in [6, 6.07) is 5.97. The summed E-state index contributed by atoms with van der Waals surface area (Å²) in [6.45, 7) is 4.37. The summed E-state index contributed by atoms with van der Waals surface area (Å²) in [5.41, 5.74) is 0.383. The number of aryl methyl sites for hydroxylation is 1. The molecule has 26 heavy (non-hydrogen) atoms. The number of benzene rings is 1. The Bertz CT molecular complexity index is 854. The molecule has 0 spiro atoms. The molecule has 2 heterocycles. The van der Waals surface area contributed by atoms with Gasteiger partial charge >= 0.3 is 0 Å². The summed E-state index contributed by atoms with van der Waals surface area (Å²) in [5.74, 6) is 0.854. The lowest BCUT2D eigenvalue weighted by atomic mass is 10.2. The van der Waals surface area contributed by atoms with E-state index in [1.165, 1.54) is 28.6 Å². The van der Waals surface area contributed by atoms with Crippen LogP contribution in [-0.2, 0) is 16.6 Å². The molecular weight excluding hydrogens is 356 g/mol. The summed E-state index contributed by atoms with van der Waals surface area (Å²) < 4.78 is 26.9. The minimum absolute atomic E-state index is 0.195. The molecule has 0 atom stereocenters. The highest BCUT2D eigenvalue weighted by atomic mass is 32.2. The molecule has 9 nitrogen and oxygen atoms in total. The van der Waals surface area contributed by atoms with E-state index in [9.17, 15) is 13.2 Å². The SMILES string of the molecule is Cc1nc(CNC(=O)c2ccc(S(=O)(=O)N3CCCNCC3)cc2)n[nH]1. The van der Waals surface area contributed by atoms with E-state index in [0.29, 0.717) is 36.8 Å². The van der Waals surface area contributed by atoms with Crippen LogP contribution in [0.2, 0.25) is 0 Å². The average molecular weight is 378 g/mol. The Balaban J connectivity index is 1.66. The normalized spacial score (nSPS) is 16.2. The van der Waals surface area contributed by atoms with Crippen molar-refractivity contribution in [3.63, 3.8) is 0 Å². The van der Waals surface area contributed by atoms with Crippen LogP contribution in [0.25, 0.3) is 0 Å². The third-order valence-corrected chi connectivity index (χ3v) is 6.02. The number of sulfonamides is 1. The maximum atomic E-state index is 12.7. The average Bonchev–Trinajstić information content (AvgIpc) is 2.87. The van der Waals surface area contributed by atoms with Crippen molar-refractivity contribution in [3.05, 3.63) is 41.5 Å². The fourth-order valence-electron chi connectivity index (χ4n) is 2.72. The van der Waals surface area contributed by atoms with Gasteiger partial charge in [-0.3, -0.25) is 9.89 Å². The Morgan fingerprint density at radius 1 is 1.23 bits per heavy atom. The lowest BCUT2D eigenvalue weighted by molar-refractivity contribution is 0.0950. The van der Waals surface area contributed by atoms with E-state index in [2.05, 4.69) is 25.8 Å². The van der Waals surface area contributed by atoms with Gasteiger partial charge in [-0.25, -0.2) is 13.4 Å². The number of rotatable bonds is 5. The molecule has 1 aromatic heterocycles. The highest BCUT2D eigenvalue weighted by molar-refractivity contribution is 7.89. The summed E-state index contributed by atoms with van der Waals surface area (Å²) in [7, 11) is -3.54. The van der Waals surface area contributed by atoms with Crippen molar-refractivity contribution in [2.24, 2.45) is 0 Å². The predicted molar refractivity (Wildman–Crippen MR) is 95.0 cm³/mol. The smallest absolute Gasteiger partial charge is 0.251 e. The molecule has 1 aliphatic heterocycles. The van der Waals surface area contributed by atoms with E-state index in [4.69, 9.17) is 0 Å². The second-order valence-corrected chi connectivity index (χ2v) is 7.99. The molecule has 1 saturated heterocycles. The summed E-state index contributed by atoms with van der Waals surface area (Å²) in [6.07, 6.45) is 0.778. The van der Waals surface area contributed by atoms with Crippen molar-refractivity contribution in [3.8, 4) is 0 Å². The van der Waals surface area contributed by atoms with Crippen LogP contribution in [-0.4, -0.2) is 60.0 Å². The van der Waals surface area contributed by atoms with E-state index in [0.717, 1.165) is 13.0 Å². The van der Waals surface area contributed by atoms with Crippen molar-refractivity contribution in [2.45, 2.75) is 24.8 Å². The zero-order valence-electron chi connectivity index (χ0n) is 14.5. The Morgan fingerprint density at radius 3 is 2.69 bits per heavy atom. The molecular formula is C16H22N6O3S. The number of hydrogen-bond acceptors (Lipinski definition) is 6. The maximum absolute atomic E-state index is 12.7. The molecule has 3 rings (SSSR count). The number of aromatic amines is 1. The number of nitrogens with one attached hydrogen (secondary N) is 3. The van der Waals surface area contributed by atoms with Crippen LogP contribution in [0.3, 0.4) is 0 Å². The standard InChI is InChI=1S/C16H22N6O3S/c1-12-19-15(21-20-12)11-18-16(23)13-3-5-14(6-4-13)26(24,25)22-9-2-7-17-8-10-22/h3-6,17H,2,7-11H2,1H3,(H,18,23)(H,19,20,21). The predicted octanol–water partition coefficient (Wildman–Crippen LogP) is 0.0271. The molecule has 2 aromatic rings. The van der Waals surface area contributed by atoms with Gasteiger partial charge in [-0.05, 0) is 44.2 Å². The first-order valence-electron chi connectivity index (χ1n) is 8.44.